The average Bonchev–Trinajstić information content (AvgIpc) is 2.41. The molecular weight excluding hydrogens is 238 g/mol. The third-order valence-electron chi connectivity index (χ3n) is 3.38. The van der Waals surface area contributed by atoms with Crippen molar-refractivity contribution < 1.29 is 15.2 Å². The zero-order chi connectivity index (χ0) is 13.9. The number of nitrogens with two attached hydrogens (primary N) is 1. The highest BCUT2D eigenvalue weighted by Gasteiger charge is 1.97. The van der Waals surface area contributed by atoms with E-state index in [1.165, 1.54) is 30.4 Å². The lowest BCUT2D eigenvalue weighted by molar-refractivity contribution is -0.656. The van der Waals surface area contributed by atoms with Crippen molar-refractivity contribution in [1.29, 1.82) is 0 Å². The van der Waals surface area contributed by atoms with Crippen LogP contribution in [0.2, 0.25) is 0 Å². The first kappa shape index (κ1) is 16.0. The molecule has 108 valence electrons. The number of ether oxygens (including phenoxy) is 1. The fraction of sp³-hybridized carbons (Fsp3) is 0.625. The maximum Gasteiger partial charge on any atom is 0.119 e. The molecule has 1 aromatic carbocycles. The molecule has 0 saturated carbocycles. The first-order valence-electron chi connectivity index (χ1n) is 7.36. The lowest BCUT2D eigenvalue weighted by Gasteiger charge is -2.08. The van der Waals surface area contributed by atoms with Gasteiger partial charge in [0.2, 0.25) is 0 Å². The zero-order valence-electron chi connectivity index (χ0n) is 12.3. The van der Waals surface area contributed by atoms with Crippen LogP contribution in [0, 0.1) is 13.8 Å². The van der Waals surface area contributed by atoms with Crippen molar-refractivity contribution in [2.45, 2.75) is 39.5 Å². The second-order valence-electron chi connectivity index (χ2n) is 5.10. The molecule has 0 saturated heterocycles. The second-order valence-corrected chi connectivity index (χ2v) is 5.10. The standard InChI is InChI=1S/C16H27NO2/c1-14-7-8-16(13-15(14)2)19-12-6-4-3-5-9-17-10-11-18/h7-8,13,17-18H,3-6,9-12H2,1-2H3/p+1. The first-order chi connectivity index (χ1) is 9.24. The molecule has 3 nitrogen and oxygen atoms in total. The molecule has 0 aliphatic carbocycles. The summed E-state index contributed by atoms with van der Waals surface area (Å²) in [6, 6.07) is 6.27. The number of benzene rings is 1. The van der Waals surface area contributed by atoms with Crippen LogP contribution in [0.15, 0.2) is 18.2 Å². The maximum absolute atomic E-state index is 8.64. The minimum Gasteiger partial charge on any atom is -0.494 e. The summed E-state index contributed by atoms with van der Waals surface area (Å²) in [5, 5.41) is 10.8. The Morgan fingerprint density at radius 3 is 2.53 bits per heavy atom. The SMILES string of the molecule is Cc1ccc(OCCCCCC[NH2+]CCO)cc1C. The molecule has 0 aliphatic rings. The van der Waals surface area contributed by atoms with Crippen LogP contribution < -0.4 is 10.1 Å². The van der Waals surface area contributed by atoms with Crippen molar-refractivity contribution in [1.82, 2.24) is 0 Å². The summed E-state index contributed by atoms with van der Waals surface area (Å²) in [6.07, 6.45) is 4.81. The van der Waals surface area contributed by atoms with E-state index >= 15 is 0 Å². The van der Waals surface area contributed by atoms with E-state index in [4.69, 9.17) is 9.84 Å². The molecule has 0 aliphatic heterocycles. The predicted molar refractivity (Wildman–Crippen MR) is 78.6 cm³/mol. The molecule has 0 fully saturated rings. The maximum atomic E-state index is 8.64. The Bertz CT molecular complexity index is 353. The van der Waals surface area contributed by atoms with Crippen LogP contribution in [0.25, 0.3) is 0 Å². The van der Waals surface area contributed by atoms with Crippen LogP contribution in [0.1, 0.15) is 36.8 Å². The molecule has 0 spiro atoms. The Morgan fingerprint density at radius 1 is 1.00 bits per heavy atom. The number of aryl methyl sites for hydroxylation is 2. The normalized spacial score (nSPS) is 10.7. The summed E-state index contributed by atoms with van der Waals surface area (Å²) in [5.41, 5.74) is 2.60. The Morgan fingerprint density at radius 2 is 1.79 bits per heavy atom. The van der Waals surface area contributed by atoms with Gasteiger partial charge < -0.3 is 15.2 Å². The van der Waals surface area contributed by atoms with Gasteiger partial charge in [0.15, 0.2) is 0 Å². The summed E-state index contributed by atoms with van der Waals surface area (Å²) < 4.78 is 5.75. The molecule has 0 aromatic heterocycles. The van der Waals surface area contributed by atoms with Crippen LogP contribution in [0.4, 0.5) is 0 Å². The van der Waals surface area contributed by atoms with E-state index in [1.54, 1.807) is 0 Å². The number of aliphatic hydroxyl groups excluding tert-OH is 1. The minimum atomic E-state index is 0.282. The Kier molecular flexibility index (Phi) is 8.26. The van der Waals surface area contributed by atoms with E-state index < -0.39 is 0 Å². The number of hydrogen-bond donors (Lipinski definition) is 2. The van der Waals surface area contributed by atoms with Gasteiger partial charge in [0.1, 0.15) is 5.75 Å². The largest absolute Gasteiger partial charge is 0.494 e. The molecular formula is C16H28NO2+. The fourth-order valence-corrected chi connectivity index (χ4v) is 1.97. The van der Waals surface area contributed by atoms with Gasteiger partial charge in [-0.25, -0.2) is 0 Å². The van der Waals surface area contributed by atoms with Gasteiger partial charge in [0, 0.05) is 0 Å². The summed E-state index contributed by atoms with van der Waals surface area (Å²) >= 11 is 0. The molecule has 1 aromatic rings. The predicted octanol–water partition coefficient (Wildman–Crippen LogP) is 1.80. The molecule has 19 heavy (non-hydrogen) atoms. The molecule has 1 rings (SSSR count). The minimum absolute atomic E-state index is 0.282. The van der Waals surface area contributed by atoms with E-state index in [1.807, 2.05) is 6.07 Å². The summed E-state index contributed by atoms with van der Waals surface area (Å²) in [4.78, 5) is 0. The third-order valence-corrected chi connectivity index (χ3v) is 3.38. The van der Waals surface area contributed by atoms with Crippen LogP contribution in [0.3, 0.4) is 0 Å². The molecule has 0 amide bonds. The van der Waals surface area contributed by atoms with E-state index in [0.29, 0.717) is 0 Å². The van der Waals surface area contributed by atoms with Gasteiger partial charge in [-0.3, -0.25) is 0 Å². The van der Waals surface area contributed by atoms with Crippen LogP contribution in [-0.4, -0.2) is 31.4 Å². The van der Waals surface area contributed by atoms with Gasteiger partial charge in [-0.15, -0.1) is 0 Å². The van der Waals surface area contributed by atoms with E-state index in [0.717, 1.165) is 31.9 Å². The van der Waals surface area contributed by atoms with Gasteiger partial charge in [-0.2, -0.15) is 0 Å². The Labute approximate surface area is 117 Å². The molecule has 0 unspecified atom stereocenters. The van der Waals surface area contributed by atoms with Crippen molar-refractivity contribution in [3.63, 3.8) is 0 Å². The van der Waals surface area contributed by atoms with Crippen molar-refractivity contribution in [2.75, 3.05) is 26.3 Å². The van der Waals surface area contributed by atoms with Crippen molar-refractivity contribution in [3.8, 4) is 5.75 Å². The highest BCUT2D eigenvalue weighted by atomic mass is 16.5. The quantitative estimate of drug-likeness (QED) is 0.634. The van der Waals surface area contributed by atoms with E-state index in [-0.39, 0.29) is 6.61 Å². The summed E-state index contributed by atoms with van der Waals surface area (Å²) in [7, 11) is 0. The van der Waals surface area contributed by atoms with E-state index in [2.05, 4.69) is 31.3 Å². The molecule has 0 atom stereocenters. The number of aliphatic hydroxyl groups is 1. The zero-order valence-corrected chi connectivity index (χ0v) is 12.3. The summed E-state index contributed by atoms with van der Waals surface area (Å²) in [6.45, 7) is 7.28. The van der Waals surface area contributed by atoms with Crippen LogP contribution in [0.5, 0.6) is 5.75 Å². The lowest BCUT2D eigenvalue weighted by atomic mass is 10.1. The van der Waals surface area contributed by atoms with Crippen molar-refractivity contribution >= 4 is 0 Å². The van der Waals surface area contributed by atoms with Gasteiger partial charge >= 0.3 is 0 Å². The van der Waals surface area contributed by atoms with Gasteiger partial charge in [-0.05, 0) is 62.8 Å². The number of hydrogen-bond acceptors (Lipinski definition) is 2. The van der Waals surface area contributed by atoms with Gasteiger partial charge in [0.05, 0.1) is 26.3 Å². The molecule has 0 radical (unpaired) electrons. The summed E-state index contributed by atoms with van der Waals surface area (Å²) in [5.74, 6) is 0.986. The molecule has 0 heterocycles. The van der Waals surface area contributed by atoms with Gasteiger partial charge in [-0.1, -0.05) is 6.07 Å². The first-order valence-corrected chi connectivity index (χ1v) is 7.36. The third kappa shape index (κ3) is 7.19. The van der Waals surface area contributed by atoms with Crippen LogP contribution in [-0.2, 0) is 0 Å². The average molecular weight is 266 g/mol. The Hall–Kier alpha value is -1.06. The fourth-order valence-electron chi connectivity index (χ4n) is 1.97. The lowest BCUT2D eigenvalue weighted by Crippen LogP contribution is -2.85. The Balaban J connectivity index is 2.00. The van der Waals surface area contributed by atoms with Crippen molar-refractivity contribution in [2.24, 2.45) is 0 Å². The van der Waals surface area contributed by atoms with E-state index in [9.17, 15) is 0 Å². The van der Waals surface area contributed by atoms with Crippen molar-refractivity contribution in [3.05, 3.63) is 29.3 Å². The number of quaternary nitrogens is 1. The monoisotopic (exact) mass is 266 g/mol. The highest BCUT2D eigenvalue weighted by molar-refractivity contribution is 5.33. The molecule has 3 N–H and O–H groups in total. The topological polar surface area (TPSA) is 46.1 Å². The number of unbranched alkanes of at least 4 members (excludes halogenated alkanes) is 3. The van der Waals surface area contributed by atoms with Gasteiger partial charge in [0.25, 0.3) is 0 Å². The molecule has 0 bridgehead atoms. The second kappa shape index (κ2) is 9.82. The highest BCUT2D eigenvalue weighted by Crippen LogP contribution is 2.16. The smallest absolute Gasteiger partial charge is 0.119 e. The molecule has 3 heteroatoms. The number of rotatable bonds is 10. The van der Waals surface area contributed by atoms with Crippen LogP contribution >= 0.6 is 0 Å².